The molecule has 0 saturated heterocycles. The Morgan fingerprint density at radius 2 is 2.00 bits per heavy atom. The highest BCUT2D eigenvalue weighted by Gasteiger charge is 2.02. The first-order valence-corrected chi connectivity index (χ1v) is 6.31. The third-order valence-corrected chi connectivity index (χ3v) is 3.12. The minimum absolute atomic E-state index is 0.199. The molecular formula is C12H18FNOS. The van der Waals surface area contributed by atoms with Gasteiger partial charge in [-0.3, -0.25) is 0 Å². The quantitative estimate of drug-likeness (QED) is 0.775. The molecule has 0 spiro atoms. The molecule has 0 saturated carbocycles. The van der Waals surface area contributed by atoms with Crippen LogP contribution in [-0.2, 0) is 0 Å². The number of halogens is 1. The molecule has 4 heteroatoms. The van der Waals surface area contributed by atoms with E-state index >= 15 is 0 Å². The Labute approximate surface area is 100 Å². The van der Waals surface area contributed by atoms with Gasteiger partial charge in [0.2, 0.25) is 0 Å². The summed E-state index contributed by atoms with van der Waals surface area (Å²) in [6.45, 7) is 3.38. The van der Waals surface area contributed by atoms with Gasteiger partial charge in [-0.2, -0.15) is 0 Å². The summed E-state index contributed by atoms with van der Waals surface area (Å²) >= 11 is 1.69. The van der Waals surface area contributed by atoms with Gasteiger partial charge in [0.05, 0.1) is 6.10 Å². The number of aliphatic hydroxyl groups is 1. The van der Waals surface area contributed by atoms with Crippen molar-refractivity contribution in [1.29, 1.82) is 0 Å². The number of hydrogen-bond donors (Lipinski definition) is 1. The van der Waals surface area contributed by atoms with E-state index in [4.69, 9.17) is 0 Å². The van der Waals surface area contributed by atoms with Crippen molar-refractivity contribution in [2.75, 3.05) is 25.9 Å². The monoisotopic (exact) mass is 243 g/mol. The van der Waals surface area contributed by atoms with Gasteiger partial charge in [0.1, 0.15) is 5.82 Å². The molecule has 2 nitrogen and oxygen atoms in total. The first-order valence-electron chi connectivity index (χ1n) is 5.33. The van der Waals surface area contributed by atoms with Gasteiger partial charge in [-0.05, 0) is 38.2 Å². The average molecular weight is 243 g/mol. The largest absolute Gasteiger partial charge is 0.392 e. The first kappa shape index (κ1) is 13.5. The third kappa shape index (κ3) is 5.49. The topological polar surface area (TPSA) is 23.5 Å². The van der Waals surface area contributed by atoms with E-state index in [0.717, 1.165) is 17.2 Å². The minimum atomic E-state index is -0.291. The van der Waals surface area contributed by atoms with Crippen LogP contribution < -0.4 is 0 Å². The molecule has 0 bridgehead atoms. The van der Waals surface area contributed by atoms with Crippen molar-refractivity contribution in [3.8, 4) is 0 Å². The fraction of sp³-hybridized carbons (Fsp3) is 0.500. The SMILES string of the molecule is CC(O)CN(C)CCSc1ccc(F)cc1. The number of nitrogens with zero attached hydrogens (tertiary/aromatic N) is 1. The number of thioether (sulfide) groups is 1. The zero-order valence-electron chi connectivity index (χ0n) is 9.69. The van der Waals surface area contributed by atoms with Crippen LogP contribution in [0.2, 0.25) is 0 Å². The van der Waals surface area contributed by atoms with Gasteiger partial charge >= 0.3 is 0 Å². The van der Waals surface area contributed by atoms with Crippen molar-refractivity contribution in [1.82, 2.24) is 4.90 Å². The highest BCUT2D eigenvalue weighted by molar-refractivity contribution is 7.99. The number of likely N-dealkylation sites (N-methyl/N-ethyl adjacent to an activating group) is 1. The molecular weight excluding hydrogens is 225 g/mol. The minimum Gasteiger partial charge on any atom is -0.392 e. The molecule has 0 aliphatic carbocycles. The van der Waals surface area contributed by atoms with Crippen LogP contribution in [-0.4, -0.2) is 42.0 Å². The Morgan fingerprint density at radius 3 is 2.56 bits per heavy atom. The van der Waals surface area contributed by atoms with Crippen molar-refractivity contribution < 1.29 is 9.50 Å². The van der Waals surface area contributed by atoms with E-state index in [1.807, 2.05) is 7.05 Å². The zero-order chi connectivity index (χ0) is 12.0. The van der Waals surface area contributed by atoms with Gasteiger partial charge in [-0.15, -0.1) is 11.8 Å². The standard InChI is InChI=1S/C12H18FNOS/c1-10(15)9-14(2)7-8-16-12-5-3-11(13)4-6-12/h3-6,10,15H,7-9H2,1-2H3. The molecule has 1 atom stereocenters. The van der Waals surface area contributed by atoms with Crippen LogP contribution in [0.1, 0.15) is 6.92 Å². The lowest BCUT2D eigenvalue weighted by molar-refractivity contribution is 0.145. The van der Waals surface area contributed by atoms with Gasteiger partial charge in [0.25, 0.3) is 0 Å². The smallest absolute Gasteiger partial charge is 0.123 e. The molecule has 0 fully saturated rings. The second-order valence-electron chi connectivity index (χ2n) is 3.91. The highest BCUT2D eigenvalue weighted by Crippen LogP contribution is 2.17. The van der Waals surface area contributed by atoms with Crippen LogP contribution in [0.5, 0.6) is 0 Å². The molecule has 0 heterocycles. The summed E-state index contributed by atoms with van der Waals surface area (Å²) in [6, 6.07) is 6.52. The molecule has 0 aliphatic rings. The maximum absolute atomic E-state index is 12.6. The lowest BCUT2D eigenvalue weighted by Gasteiger charge is -2.17. The Hall–Kier alpha value is -0.580. The zero-order valence-corrected chi connectivity index (χ0v) is 10.5. The molecule has 90 valence electrons. The fourth-order valence-corrected chi connectivity index (χ4v) is 2.36. The molecule has 1 unspecified atom stereocenters. The molecule has 1 aromatic carbocycles. The predicted molar refractivity (Wildman–Crippen MR) is 66.3 cm³/mol. The lowest BCUT2D eigenvalue weighted by Crippen LogP contribution is -2.29. The van der Waals surface area contributed by atoms with Crippen molar-refractivity contribution in [3.63, 3.8) is 0 Å². The molecule has 1 rings (SSSR count). The van der Waals surface area contributed by atoms with E-state index in [2.05, 4.69) is 4.90 Å². The van der Waals surface area contributed by atoms with E-state index in [9.17, 15) is 9.50 Å². The molecule has 0 aromatic heterocycles. The Bertz CT molecular complexity index is 302. The molecule has 1 N–H and O–H groups in total. The van der Waals surface area contributed by atoms with Crippen LogP contribution in [0.4, 0.5) is 4.39 Å². The van der Waals surface area contributed by atoms with Crippen LogP contribution >= 0.6 is 11.8 Å². The fourth-order valence-electron chi connectivity index (χ4n) is 1.39. The van der Waals surface area contributed by atoms with E-state index in [-0.39, 0.29) is 11.9 Å². The van der Waals surface area contributed by atoms with Crippen molar-refractivity contribution in [2.24, 2.45) is 0 Å². The molecule has 0 amide bonds. The molecule has 1 aromatic rings. The van der Waals surface area contributed by atoms with Gasteiger partial charge in [0.15, 0.2) is 0 Å². The van der Waals surface area contributed by atoms with Gasteiger partial charge < -0.3 is 10.0 Å². The lowest BCUT2D eigenvalue weighted by atomic mass is 10.4. The van der Waals surface area contributed by atoms with Gasteiger partial charge in [0, 0.05) is 23.7 Å². The molecule has 16 heavy (non-hydrogen) atoms. The van der Waals surface area contributed by atoms with E-state index in [1.54, 1.807) is 30.8 Å². The van der Waals surface area contributed by atoms with E-state index in [0.29, 0.717) is 6.54 Å². The summed E-state index contributed by atoms with van der Waals surface area (Å²) in [5.41, 5.74) is 0. The Balaban J connectivity index is 2.22. The maximum atomic E-state index is 12.6. The second-order valence-corrected chi connectivity index (χ2v) is 5.08. The summed E-state index contributed by atoms with van der Waals surface area (Å²) in [7, 11) is 1.98. The summed E-state index contributed by atoms with van der Waals surface area (Å²) in [4.78, 5) is 3.16. The number of hydrogen-bond acceptors (Lipinski definition) is 3. The number of rotatable bonds is 6. The number of aliphatic hydroxyl groups excluding tert-OH is 1. The maximum Gasteiger partial charge on any atom is 0.123 e. The van der Waals surface area contributed by atoms with Crippen molar-refractivity contribution >= 4 is 11.8 Å². The third-order valence-electron chi connectivity index (χ3n) is 2.13. The predicted octanol–water partition coefficient (Wildman–Crippen LogP) is 2.23. The first-order chi connectivity index (χ1) is 7.58. The van der Waals surface area contributed by atoms with E-state index < -0.39 is 0 Å². The molecule has 0 radical (unpaired) electrons. The normalized spacial score (nSPS) is 13.1. The van der Waals surface area contributed by atoms with Crippen LogP contribution in [0, 0.1) is 5.82 Å². The second kappa shape index (κ2) is 6.89. The van der Waals surface area contributed by atoms with Crippen LogP contribution in [0.15, 0.2) is 29.2 Å². The van der Waals surface area contributed by atoms with Crippen molar-refractivity contribution in [3.05, 3.63) is 30.1 Å². The van der Waals surface area contributed by atoms with Crippen LogP contribution in [0.3, 0.4) is 0 Å². The molecule has 0 aliphatic heterocycles. The van der Waals surface area contributed by atoms with Crippen molar-refractivity contribution in [2.45, 2.75) is 17.9 Å². The Morgan fingerprint density at radius 1 is 1.38 bits per heavy atom. The Kier molecular flexibility index (Phi) is 5.80. The van der Waals surface area contributed by atoms with Gasteiger partial charge in [-0.1, -0.05) is 0 Å². The summed E-state index contributed by atoms with van der Waals surface area (Å²) in [5, 5.41) is 9.18. The van der Waals surface area contributed by atoms with Crippen LogP contribution in [0.25, 0.3) is 0 Å². The van der Waals surface area contributed by atoms with Gasteiger partial charge in [-0.25, -0.2) is 4.39 Å². The summed E-state index contributed by atoms with van der Waals surface area (Å²) in [5.74, 6) is 0.741. The van der Waals surface area contributed by atoms with E-state index in [1.165, 1.54) is 12.1 Å². The number of benzene rings is 1. The average Bonchev–Trinajstić information content (AvgIpc) is 2.20. The summed E-state index contributed by atoms with van der Waals surface area (Å²) in [6.07, 6.45) is -0.291. The highest BCUT2D eigenvalue weighted by atomic mass is 32.2. The summed E-state index contributed by atoms with van der Waals surface area (Å²) < 4.78 is 12.6.